The molecule has 0 aliphatic carbocycles. The van der Waals surface area contributed by atoms with E-state index in [0.717, 1.165) is 16.8 Å². The number of aliphatic hydroxyl groups excluding tert-OH is 2. The minimum absolute atomic E-state index is 0. The van der Waals surface area contributed by atoms with Crippen LogP contribution in [0.2, 0.25) is 0 Å². The van der Waals surface area contributed by atoms with Gasteiger partial charge in [0.2, 0.25) is 0 Å². The number of benzene rings is 3. The number of rotatable bonds is 13. The zero-order valence-corrected chi connectivity index (χ0v) is 27.1. The summed E-state index contributed by atoms with van der Waals surface area (Å²) in [5.74, 6) is -2.56. The summed E-state index contributed by atoms with van der Waals surface area (Å²) in [5.41, 5.74) is 4.60. The number of carbonyl (C=O) groups is 2. The quantitative estimate of drug-likeness (QED) is 0.199. The minimum atomic E-state index is -1.41. The Balaban J connectivity index is 0.00000529. The van der Waals surface area contributed by atoms with Gasteiger partial charge in [-0.1, -0.05) is 54.6 Å². The van der Waals surface area contributed by atoms with Crippen molar-refractivity contribution in [2.24, 2.45) is 0 Å². The number of carboxylic acids is 1. The summed E-state index contributed by atoms with van der Waals surface area (Å²) in [6.45, 7) is 4.03. The molecule has 0 fully saturated rings. The second-order valence-electron chi connectivity index (χ2n) is 10.8. The van der Waals surface area contributed by atoms with E-state index in [-0.39, 0.29) is 73.1 Å². The number of carboxylic acid groups (broad SMARTS) is 1. The van der Waals surface area contributed by atoms with Gasteiger partial charge in [0, 0.05) is 41.8 Å². The third-order valence-electron chi connectivity index (χ3n) is 7.26. The zero-order chi connectivity index (χ0) is 31.1. The van der Waals surface area contributed by atoms with Crippen LogP contribution in [0.4, 0.5) is 8.78 Å². The van der Waals surface area contributed by atoms with E-state index in [0.29, 0.717) is 22.4 Å². The van der Waals surface area contributed by atoms with Crippen molar-refractivity contribution in [2.45, 2.75) is 64.3 Å². The van der Waals surface area contributed by atoms with E-state index in [1.165, 1.54) is 24.3 Å². The third kappa shape index (κ3) is 8.86. The number of hydrogen-bond acceptors (Lipinski definition) is 5. The average molecular weight is 613 g/mol. The first kappa shape index (κ1) is 35.1. The molecule has 0 radical (unpaired) electrons. The van der Waals surface area contributed by atoms with Gasteiger partial charge in [-0.25, -0.2) is 8.78 Å². The van der Waals surface area contributed by atoms with Crippen LogP contribution in [0.3, 0.4) is 0 Å². The van der Waals surface area contributed by atoms with Crippen molar-refractivity contribution in [3.8, 4) is 22.3 Å². The first-order chi connectivity index (χ1) is 20.5. The van der Waals surface area contributed by atoms with Crippen molar-refractivity contribution >= 4 is 11.9 Å². The Morgan fingerprint density at radius 2 is 1.41 bits per heavy atom. The molecule has 3 aromatic carbocycles. The number of amides is 1. The number of hydrogen-bond donors (Lipinski definition) is 3. The monoisotopic (exact) mass is 612 g/mol. The summed E-state index contributed by atoms with van der Waals surface area (Å²) in [4.78, 5) is 24.9. The first-order valence-electron chi connectivity index (χ1n) is 14.2. The van der Waals surface area contributed by atoms with Crippen LogP contribution in [0.15, 0.2) is 78.9 Å². The largest absolute Gasteiger partial charge is 1.00 e. The molecule has 0 spiro atoms. The molecule has 2 atom stereocenters. The maximum absolute atomic E-state index is 14.0. The van der Waals surface area contributed by atoms with Gasteiger partial charge in [0.05, 0.1) is 12.2 Å². The van der Waals surface area contributed by atoms with Gasteiger partial charge in [-0.05, 0) is 74.1 Å². The summed E-state index contributed by atoms with van der Waals surface area (Å²) in [7, 11) is 0. The molecule has 3 N–H and O–H groups in total. The molecular weight excluding hydrogens is 577 g/mol. The predicted molar refractivity (Wildman–Crippen MR) is 158 cm³/mol. The molecule has 226 valence electrons. The van der Waals surface area contributed by atoms with E-state index in [2.05, 4.69) is 5.32 Å². The van der Waals surface area contributed by atoms with Crippen molar-refractivity contribution in [1.29, 1.82) is 0 Å². The number of aliphatic hydroxyl groups is 2. The molecule has 0 saturated carbocycles. The van der Waals surface area contributed by atoms with Crippen LogP contribution in [0.25, 0.3) is 22.3 Å². The number of nitrogens with zero attached hydrogens (tertiary/aromatic N) is 1. The summed E-state index contributed by atoms with van der Waals surface area (Å²) < 4.78 is 29.4. The maximum Gasteiger partial charge on any atom is 1.00 e. The Hall–Kier alpha value is -3.34. The van der Waals surface area contributed by atoms with Crippen molar-refractivity contribution in [2.75, 3.05) is 0 Å². The molecule has 1 heterocycles. The number of halogens is 2. The van der Waals surface area contributed by atoms with Crippen LogP contribution in [-0.4, -0.2) is 38.9 Å². The van der Waals surface area contributed by atoms with Crippen molar-refractivity contribution < 1.29 is 63.2 Å². The Morgan fingerprint density at radius 1 is 0.841 bits per heavy atom. The molecule has 4 aromatic rings. The van der Waals surface area contributed by atoms with Crippen LogP contribution in [0.5, 0.6) is 0 Å². The molecule has 0 unspecified atom stereocenters. The molecule has 44 heavy (non-hydrogen) atoms. The summed E-state index contributed by atoms with van der Waals surface area (Å²) >= 11 is 0. The van der Waals surface area contributed by atoms with Gasteiger partial charge in [-0.15, -0.1) is 0 Å². The Labute approximate surface area is 277 Å². The van der Waals surface area contributed by atoms with Crippen LogP contribution >= 0.6 is 0 Å². The molecule has 0 aliphatic heterocycles. The molecule has 0 bridgehead atoms. The van der Waals surface area contributed by atoms with E-state index in [1.54, 1.807) is 24.3 Å². The minimum Gasteiger partial charge on any atom is -0.550 e. The topological polar surface area (TPSA) is 115 Å². The van der Waals surface area contributed by atoms with E-state index < -0.39 is 30.4 Å². The molecule has 10 heteroatoms. The van der Waals surface area contributed by atoms with Crippen molar-refractivity contribution in [3.05, 3.63) is 107 Å². The van der Waals surface area contributed by atoms with Gasteiger partial charge in [0.15, 0.2) is 0 Å². The second kappa shape index (κ2) is 16.1. The van der Waals surface area contributed by atoms with E-state index in [1.807, 2.05) is 48.7 Å². The number of nitrogens with one attached hydrogen (secondary N) is 1. The normalized spacial score (nSPS) is 12.4. The van der Waals surface area contributed by atoms with Crippen molar-refractivity contribution in [1.82, 2.24) is 9.88 Å². The fourth-order valence-electron chi connectivity index (χ4n) is 5.37. The standard InChI is InChI=1S/C34H36F2N2O5.Na/c1-21(2)38-29(17-16-27(39)18-28(40)19-30(41)42)31(24-10-14-26(36)15-11-24)32(23-6-4-3-5-7-23)33(38)34(43)37-20-22-8-12-25(35)13-9-22;/h3-15,21,27-28,39-40H,16-20H2,1-2H3,(H,37,43)(H,41,42);/q;+1/p-1/t27-,28+;/m0./s1. The summed E-state index contributed by atoms with van der Waals surface area (Å²) in [6, 6.07) is 21.0. The van der Waals surface area contributed by atoms with Gasteiger partial charge < -0.3 is 30.0 Å². The maximum atomic E-state index is 14.0. The van der Waals surface area contributed by atoms with Crippen LogP contribution in [-0.2, 0) is 17.8 Å². The van der Waals surface area contributed by atoms with Gasteiger partial charge in [-0.2, -0.15) is 0 Å². The fraction of sp³-hybridized carbons (Fsp3) is 0.294. The first-order valence-corrected chi connectivity index (χ1v) is 14.2. The van der Waals surface area contributed by atoms with Gasteiger partial charge >= 0.3 is 29.6 Å². The van der Waals surface area contributed by atoms with E-state index in [9.17, 15) is 33.7 Å². The number of aromatic nitrogens is 1. The molecule has 0 aliphatic rings. The smallest absolute Gasteiger partial charge is 0.550 e. The molecule has 1 amide bonds. The van der Waals surface area contributed by atoms with Crippen LogP contribution in [0, 0.1) is 11.6 Å². The Bertz CT molecular complexity index is 1540. The molecular formula is C34H35F2N2NaO5. The number of aliphatic carboxylic acids is 1. The van der Waals surface area contributed by atoms with Gasteiger partial charge in [-0.3, -0.25) is 4.79 Å². The third-order valence-corrected chi connectivity index (χ3v) is 7.26. The average Bonchev–Trinajstić information content (AvgIpc) is 3.31. The van der Waals surface area contributed by atoms with E-state index >= 15 is 0 Å². The summed E-state index contributed by atoms with van der Waals surface area (Å²) in [5, 5.41) is 34.6. The fourth-order valence-corrected chi connectivity index (χ4v) is 5.37. The second-order valence-corrected chi connectivity index (χ2v) is 10.8. The molecule has 4 rings (SSSR count). The van der Waals surface area contributed by atoms with Crippen LogP contribution in [0.1, 0.15) is 60.9 Å². The number of carbonyl (C=O) groups excluding carboxylic acids is 2. The van der Waals surface area contributed by atoms with Crippen molar-refractivity contribution in [3.63, 3.8) is 0 Å². The summed E-state index contributed by atoms with van der Waals surface area (Å²) in [6.07, 6.45) is -2.59. The Kier molecular flexibility index (Phi) is 12.9. The predicted octanol–water partition coefficient (Wildman–Crippen LogP) is 1.80. The van der Waals surface area contributed by atoms with E-state index in [4.69, 9.17) is 0 Å². The Morgan fingerprint density at radius 3 is 1.98 bits per heavy atom. The zero-order valence-electron chi connectivity index (χ0n) is 25.1. The SMILES string of the molecule is CC(C)n1c(CC[C@H](O)C[C@@H](O)CC(=O)[O-])c(-c2ccc(F)cc2)c(-c2ccccc2)c1C(=O)NCc1ccc(F)cc1.[Na+]. The van der Waals surface area contributed by atoms with Gasteiger partial charge in [0.25, 0.3) is 5.91 Å². The molecule has 7 nitrogen and oxygen atoms in total. The molecule has 1 aromatic heterocycles. The molecule has 0 saturated heterocycles. The van der Waals surface area contributed by atoms with Gasteiger partial charge in [0.1, 0.15) is 17.3 Å². The van der Waals surface area contributed by atoms with Crippen LogP contribution < -0.4 is 40.0 Å².